The van der Waals surface area contributed by atoms with Crippen LogP contribution < -0.4 is 5.32 Å². The topological polar surface area (TPSA) is 45.2 Å². The van der Waals surface area contributed by atoms with Gasteiger partial charge < -0.3 is 5.32 Å². The Morgan fingerprint density at radius 1 is 1.29 bits per heavy atom. The Morgan fingerprint density at radius 3 is 2.79 bits per heavy atom. The molecule has 4 nitrogen and oxygen atoms in total. The third-order valence-corrected chi connectivity index (χ3v) is 4.60. The van der Waals surface area contributed by atoms with Crippen LogP contribution in [0, 0.1) is 6.92 Å². The molecule has 0 unspecified atom stereocenters. The van der Waals surface area contributed by atoms with Gasteiger partial charge in [0.05, 0.1) is 0 Å². The summed E-state index contributed by atoms with van der Waals surface area (Å²) < 4.78 is 0. The minimum atomic E-state index is -0.144. The molecule has 2 heterocycles. The number of amides is 1. The predicted molar refractivity (Wildman–Crippen MR) is 96.2 cm³/mol. The fraction of sp³-hybridized carbons (Fsp3) is 0.368. The minimum absolute atomic E-state index is 0.144. The lowest BCUT2D eigenvalue weighted by molar-refractivity contribution is 0.0904. The Hall–Kier alpha value is -1.91. The number of hydrogen-bond acceptors (Lipinski definition) is 3. The number of rotatable bonds is 4. The number of piperidine rings is 1. The van der Waals surface area contributed by atoms with Crippen LogP contribution in [0.1, 0.15) is 34.5 Å². The predicted octanol–water partition coefficient (Wildman–Crippen LogP) is 3.44. The second-order valence-corrected chi connectivity index (χ2v) is 6.81. The van der Waals surface area contributed by atoms with E-state index in [2.05, 4.69) is 46.4 Å². The lowest BCUT2D eigenvalue weighted by atomic mass is 10.0. The summed E-state index contributed by atoms with van der Waals surface area (Å²) in [4.78, 5) is 18.7. The van der Waals surface area contributed by atoms with Crippen LogP contribution in [0.2, 0.25) is 5.02 Å². The van der Waals surface area contributed by atoms with E-state index >= 15 is 0 Å². The minimum Gasteiger partial charge on any atom is -0.348 e. The molecule has 1 fully saturated rings. The van der Waals surface area contributed by atoms with Crippen molar-refractivity contribution in [2.45, 2.75) is 32.4 Å². The van der Waals surface area contributed by atoms with E-state index < -0.39 is 0 Å². The highest BCUT2D eigenvalue weighted by Crippen LogP contribution is 2.15. The Bertz CT molecular complexity index is 711. The van der Waals surface area contributed by atoms with Crippen LogP contribution in [0.4, 0.5) is 0 Å². The lowest BCUT2D eigenvalue weighted by Gasteiger charge is -2.32. The molecule has 3 rings (SSSR count). The van der Waals surface area contributed by atoms with Gasteiger partial charge in [0.25, 0.3) is 5.91 Å². The van der Waals surface area contributed by atoms with Crippen molar-refractivity contribution in [3.05, 3.63) is 64.4 Å². The normalized spacial score (nSPS) is 16.1. The number of pyridine rings is 1. The second-order valence-electron chi connectivity index (χ2n) is 6.37. The first-order chi connectivity index (χ1) is 11.6. The quantitative estimate of drug-likeness (QED) is 0.925. The van der Waals surface area contributed by atoms with Gasteiger partial charge in [-0.2, -0.15) is 0 Å². The Labute approximate surface area is 147 Å². The third kappa shape index (κ3) is 4.56. The molecule has 0 bridgehead atoms. The number of halogens is 1. The first kappa shape index (κ1) is 16.9. The van der Waals surface area contributed by atoms with E-state index in [0.717, 1.165) is 32.5 Å². The van der Waals surface area contributed by atoms with Gasteiger partial charge in [-0.05, 0) is 37.5 Å². The fourth-order valence-electron chi connectivity index (χ4n) is 3.09. The van der Waals surface area contributed by atoms with Gasteiger partial charge in [0.15, 0.2) is 0 Å². The van der Waals surface area contributed by atoms with E-state index in [9.17, 15) is 4.79 Å². The van der Waals surface area contributed by atoms with Crippen LogP contribution in [0.5, 0.6) is 0 Å². The molecule has 0 spiro atoms. The molecule has 0 atom stereocenters. The molecule has 0 radical (unpaired) electrons. The maximum absolute atomic E-state index is 12.2. The number of aromatic nitrogens is 1. The van der Waals surface area contributed by atoms with Crippen molar-refractivity contribution >= 4 is 17.5 Å². The Kier molecular flexibility index (Phi) is 5.48. The summed E-state index contributed by atoms with van der Waals surface area (Å²) in [5, 5.41) is 3.60. The number of hydrogen-bond donors (Lipinski definition) is 1. The zero-order valence-electron chi connectivity index (χ0n) is 13.8. The third-order valence-electron chi connectivity index (χ3n) is 4.37. The van der Waals surface area contributed by atoms with Gasteiger partial charge >= 0.3 is 0 Å². The van der Waals surface area contributed by atoms with Crippen molar-refractivity contribution in [3.8, 4) is 0 Å². The number of likely N-dealkylation sites (tertiary alicyclic amines) is 1. The monoisotopic (exact) mass is 343 g/mol. The van der Waals surface area contributed by atoms with E-state index in [0.29, 0.717) is 10.7 Å². The van der Waals surface area contributed by atoms with Gasteiger partial charge in [-0.15, -0.1) is 0 Å². The SMILES string of the molecule is Cc1cccc(CN2CCC(NC(=O)c3cc(Cl)ccn3)CC2)c1. The van der Waals surface area contributed by atoms with Gasteiger partial charge in [0.2, 0.25) is 0 Å². The maximum Gasteiger partial charge on any atom is 0.270 e. The number of aryl methyl sites for hydroxylation is 1. The fourth-order valence-corrected chi connectivity index (χ4v) is 3.25. The largest absolute Gasteiger partial charge is 0.348 e. The van der Waals surface area contributed by atoms with Crippen LogP contribution in [0.25, 0.3) is 0 Å². The van der Waals surface area contributed by atoms with Gasteiger partial charge in [-0.3, -0.25) is 14.7 Å². The molecule has 1 saturated heterocycles. The van der Waals surface area contributed by atoms with Crippen LogP contribution in [-0.2, 0) is 6.54 Å². The van der Waals surface area contributed by atoms with E-state index in [-0.39, 0.29) is 11.9 Å². The number of nitrogens with zero attached hydrogens (tertiary/aromatic N) is 2. The molecule has 0 saturated carbocycles. The summed E-state index contributed by atoms with van der Waals surface area (Å²) in [7, 11) is 0. The highest BCUT2D eigenvalue weighted by atomic mass is 35.5. The molecule has 1 aromatic heterocycles. The molecule has 126 valence electrons. The summed E-state index contributed by atoms with van der Waals surface area (Å²) in [5.74, 6) is -0.144. The first-order valence-corrected chi connectivity index (χ1v) is 8.68. The highest BCUT2D eigenvalue weighted by molar-refractivity contribution is 6.30. The van der Waals surface area contributed by atoms with E-state index in [1.54, 1.807) is 18.3 Å². The smallest absolute Gasteiger partial charge is 0.270 e. The number of nitrogens with one attached hydrogen (secondary N) is 1. The molecule has 24 heavy (non-hydrogen) atoms. The van der Waals surface area contributed by atoms with Crippen molar-refractivity contribution in [2.75, 3.05) is 13.1 Å². The van der Waals surface area contributed by atoms with Crippen LogP contribution >= 0.6 is 11.6 Å². The number of carbonyl (C=O) groups is 1. The van der Waals surface area contributed by atoms with Crippen LogP contribution in [0.15, 0.2) is 42.6 Å². The Balaban J connectivity index is 1.49. The van der Waals surface area contributed by atoms with E-state index in [4.69, 9.17) is 11.6 Å². The van der Waals surface area contributed by atoms with Crippen molar-refractivity contribution in [2.24, 2.45) is 0 Å². The molecular formula is C19H22ClN3O. The standard InChI is InChI=1S/C19H22ClN3O/c1-14-3-2-4-15(11-14)13-23-9-6-17(7-10-23)22-19(24)18-12-16(20)5-8-21-18/h2-5,8,11-12,17H,6-7,9-10,13H2,1H3,(H,22,24). The molecule has 1 aromatic carbocycles. The van der Waals surface area contributed by atoms with E-state index in [1.165, 1.54) is 11.1 Å². The Morgan fingerprint density at radius 2 is 2.08 bits per heavy atom. The van der Waals surface area contributed by atoms with Crippen LogP contribution in [0.3, 0.4) is 0 Å². The summed E-state index contributed by atoms with van der Waals surface area (Å²) in [6, 6.07) is 12.1. The van der Waals surface area contributed by atoms with Gasteiger partial charge in [0, 0.05) is 36.9 Å². The van der Waals surface area contributed by atoms with Crippen molar-refractivity contribution in [1.29, 1.82) is 0 Å². The van der Waals surface area contributed by atoms with Gasteiger partial charge in [-0.25, -0.2) is 0 Å². The average Bonchev–Trinajstić information content (AvgIpc) is 2.57. The first-order valence-electron chi connectivity index (χ1n) is 8.30. The van der Waals surface area contributed by atoms with Gasteiger partial charge in [-0.1, -0.05) is 41.4 Å². The highest BCUT2D eigenvalue weighted by Gasteiger charge is 2.21. The van der Waals surface area contributed by atoms with Crippen molar-refractivity contribution in [3.63, 3.8) is 0 Å². The number of carbonyl (C=O) groups excluding carboxylic acids is 1. The molecule has 5 heteroatoms. The number of benzene rings is 1. The van der Waals surface area contributed by atoms with Gasteiger partial charge in [0.1, 0.15) is 5.69 Å². The summed E-state index contributed by atoms with van der Waals surface area (Å²) >= 11 is 5.91. The molecule has 1 aliphatic heterocycles. The van der Waals surface area contributed by atoms with Crippen LogP contribution in [-0.4, -0.2) is 34.9 Å². The summed E-state index contributed by atoms with van der Waals surface area (Å²) in [5.41, 5.74) is 3.02. The molecule has 1 amide bonds. The lowest BCUT2D eigenvalue weighted by Crippen LogP contribution is -2.44. The summed E-state index contributed by atoms with van der Waals surface area (Å²) in [6.45, 7) is 5.07. The summed E-state index contributed by atoms with van der Waals surface area (Å²) in [6.07, 6.45) is 3.47. The zero-order valence-corrected chi connectivity index (χ0v) is 14.6. The maximum atomic E-state index is 12.2. The van der Waals surface area contributed by atoms with Crippen molar-refractivity contribution in [1.82, 2.24) is 15.2 Å². The zero-order chi connectivity index (χ0) is 16.9. The van der Waals surface area contributed by atoms with Crippen molar-refractivity contribution < 1.29 is 4.79 Å². The second kappa shape index (κ2) is 7.77. The molecule has 1 N–H and O–H groups in total. The average molecular weight is 344 g/mol. The van der Waals surface area contributed by atoms with E-state index in [1.807, 2.05) is 0 Å². The molecule has 1 aliphatic rings. The molecule has 2 aromatic rings. The molecular weight excluding hydrogens is 322 g/mol. The molecule has 0 aliphatic carbocycles.